The van der Waals surface area contributed by atoms with Crippen LogP contribution in [0.2, 0.25) is 32.7 Å². The van der Waals surface area contributed by atoms with Crippen LogP contribution >= 0.6 is 0 Å². The lowest BCUT2D eigenvalue weighted by molar-refractivity contribution is 0.379. The largest absolute Gasteiger partial charge is 0.334 e. The van der Waals surface area contributed by atoms with Crippen LogP contribution in [0.1, 0.15) is 26.7 Å². The molecule has 0 aromatic carbocycles. The molecule has 1 saturated heterocycles. The second-order valence-corrected chi connectivity index (χ2v) is 16.0. The van der Waals surface area contributed by atoms with Gasteiger partial charge in [-0.15, -0.1) is 0 Å². The molecule has 1 rings (SSSR count). The van der Waals surface area contributed by atoms with Crippen molar-refractivity contribution in [2.45, 2.75) is 65.5 Å². The smallest absolute Gasteiger partial charge is 0.194 e. The van der Waals surface area contributed by atoms with Gasteiger partial charge >= 0.3 is 0 Å². The van der Waals surface area contributed by atoms with E-state index in [1.807, 2.05) is 0 Å². The molecule has 16 heavy (non-hydrogen) atoms. The van der Waals surface area contributed by atoms with E-state index >= 15 is 0 Å². The Bertz CT molecular complexity index is 236. The zero-order chi connectivity index (χ0) is 12.6. The zero-order valence-electron chi connectivity index (χ0n) is 12.3. The van der Waals surface area contributed by atoms with Gasteiger partial charge in [-0.3, -0.25) is 0 Å². The maximum absolute atomic E-state index is 2.89. The van der Waals surface area contributed by atoms with Crippen molar-refractivity contribution in [1.82, 2.24) is 8.80 Å². The summed E-state index contributed by atoms with van der Waals surface area (Å²) in [6.45, 7) is 19.9. The zero-order valence-corrected chi connectivity index (χ0v) is 14.3. The Morgan fingerprint density at radius 3 is 2.06 bits per heavy atom. The van der Waals surface area contributed by atoms with Crippen molar-refractivity contribution in [3.63, 3.8) is 0 Å². The fourth-order valence-corrected chi connectivity index (χ4v) is 14.5. The normalized spacial score (nSPS) is 24.4. The fourth-order valence-electron chi connectivity index (χ4n) is 3.58. The van der Waals surface area contributed by atoms with E-state index in [-0.39, 0.29) is 0 Å². The van der Waals surface area contributed by atoms with Gasteiger partial charge in [-0.05, 0) is 39.0 Å². The molecule has 0 aromatic heterocycles. The Morgan fingerprint density at radius 2 is 1.75 bits per heavy atom. The highest BCUT2D eigenvalue weighted by atomic mass is 28.4. The molecule has 0 amide bonds. The van der Waals surface area contributed by atoms with Crippen LogP contribution in [-0.4, -0.2) is 44.6 Å². The van der Waals surface area contributed by atoms with E-state index in [4.69, 9.17) is 0 Å². The molecule has 1 fully saturated rings. The molecule has 1 aliphatic rings. The lowest BCUT2D eigenvalue weighted by atomic mass is 10.3. The summed E-state index contributed by atoms with van der Waals surface area (Å²) in [5, 5.41) is 0. The molecule has 0 saturated carbocycles. The average Bonchev–Trinajstić information content (AvgIpc) is 2.49. The molecule has 1 unspecified atom stereocenters. The van der Waals surface area contributed by atoms with Crippen LogP contribution in [0, 0.1) is 0 Å². The predicted molar refractivity (Wildman–Crippen MR) is 78.6 cm³/mol. The molecule has 0 aromatic rings. The van der Waals surface area contributed by atoms with Crippen LogP contribution in [0.15, 0.2) is 0 Å². The van der Waals surface area contributed by atoms with Gasteiger partial charge in [0.05, 0.1) is 0 Å². The maximum Gasteiger partial charge on any atom is 0.194 e. The highest BCUT2D eigenvalue weighted by Gasteiger charge is 2.44. The van der Waals surface area contributed by atoms with E-state index in [0.717, 1.165) is 6.04 Å². The molecule has 0 aliphatic carbocycles. The van der Waals surface area contributed by atoms with Gasteiger partial charge in [-0.25, -0.2) is 0 Å². The van der Waals surface area contributed by atoms with Crippen LogP contribution in [-0.2, 0) is 0 Å². The first kappa shape index (κ1) is 14.4. The topological polar surface area (TPSA) is 6.48 Å². The van der Waals surface area contributed by atoms with Gasteiger partial charge in [0.1, 0.15) is 8.24 Å². The molecular formula is C12H30N2Si2. The molecule has 0 bridgehead atoms. The van der Waals surface area contributed by atoms with Crippen molar-refractivity contribution in [1.29, 1.82) is 0 Å². The van der Waals surface area contributed by atoms with Crippen molar-refractivity contribution in [2.24, 2.45) is 0 Å². The summed E-state index contributed by atoms with van der Waals surface area (Å²) < 4.78 is 5.73. The minimum atomic E-state index is -1.37. The molecule has 0 N–H and O–H groups in total. The van der Waals surface area contributed by atoms with Crippen LogP contribution in [0.25, 0.3) is 0 Å². The molecule has 1 aliphatic heterocycles. The summed E-state index contributed by atoms with van der Waals surface area (Å²) in [7, 11) is -2.54. The van der Waals surface area contributed by atoms with Crippen molar-refractivity contribution in [3.05, 3.63) is 0 Å². The van der Waals surface area contributed by atoms with Gasteiger partial charge in [0, 0.05) is 6.04 Å². The third kappa shape index (κ3) is 2.78. The predicted octanol–water partition coefficient (Wildman–Crippen LogP) is 3.33. The Kier molecular flexibility index (Phi) is 4.43. The minimum Gasteiger partial charge on any atom is -0.334 e. The highest BCUT2D eigenvalue weighted by molar-refractivity contribution is 6.88. The lowest BCUT2D eigenvalue weighted by Crippen LogP contribution is -2.69. The van der Waals surface area contributed by atoms with E-state index < -0.39 is 16.6 Å². The van der Waals surface area contributed by atoms with Crippen molar-refractivity contribution in [2.75, 3.05) is 13.1 Å². The number of hydrogen-bond acceptors (Lipinski definition) is 2. The van der Waals surface area contributed by atoms with Crippen LogP contribution in [0.4, 0.5) is 0 Å². The Labute approximate surface area is 104 Å². The summed E-state index contributed by atoms with van der Waals surface area (Å²) in [6.07, 6.45) is 2.81. The summed E-state index contributed by atoms with van der Waals surface area (Å²) in [4.78, 5) is 0. The first-order valence-corrected chi connectivity index (χ1v) is 13.1. The second-order valence-electron chi connectivity index (χ2n) is 6.59. The number of nitrogens with zero attached hydrogens (tertiary/aromatic N) is 2. The number of rotatable bonds is 4. The third-order valence-corrected chi connectivity index (χ3v) is 13.3. The molecule has 0 radical (unpaired) electrons. The minimum absolute atomic E-state index is 0.812. The van der Waals surface area contributed by atoms with Gasteiger partial charge in [-0.1, -0.05) is 33.5 Å². The average molecular weight is 259 g/mol. The molecule has 96 valence electrons. The van der Waals surface area contributed by atoms with Gasteiger partial charge in [-0.2, -0.15) is 0 Å². The van der Waals surface area contributed by atoms with Crippen molar-refractivity contribution in [3.8, 4) is 0 Å². The Morgan fingerprint density at radius 1 is 1.19 bits per heavy atom. The molecule has 4 heteroatoms. The third-order valence-electron chi connectivity index (χ3n) is 4.04. The maximum atomic E-state index is 2.89. The fraction of sp³-hybridized carbons (Fsp3) is 1.00. The van der Waals surface area contributed by atoms with E-state index in [1.165, 1.54) is 25.9 Å². The summed E-state index contributed by atoms with van der Waals surface area (Å²) >= 11 is 0. The monoisotopic (exact) mass is 258 g/mol. The Balaban J connectivity index is 2.89. The first-order chi connectivity index (χ1) is 7.21. The van der Waals surface area contributed by atoms with E-state index in [0.29, 0.717) is 0 Å². The van der Waals surface area contributed by atoms with E-state index in [1.54, 1.807) is 0 Å². The summed E-state index contributed by atoms with van der Waals surface area (Å²) in [5.41, 5.74) is 0. The Hall–Kier alpha value is 0.354. The molecular weight excluding hydrogens is 228 g/mol. The number of hydrogen-bond donors (Lipinski definition) is 0. The quantitative estimate of drug-likeness (QED) is 0.714. The molecule has 1 heterocycles. The SMILES string of the molecule is CCN([Si](C)(C)C)[Si](C)(C)N1CCCC1C. The van der Waals surface area contributed by atoms with E-state index in [2.05, 4.69) is 55.4 Å². The lowest BCUT2D eigenvalue weighted by Gasteiger charge is -2.50. The van der Waals surface area contributed by atoms with Crippen LogP contribution in [0.3, 0.4) is 0 Å². The van der Waals surface area contributed by atoms with Gasteiger partial charge in [0.15, 0.2) is 8.40 Å². The van der Waals surface area contributed by atoms with Crippen LogP contribution < -0.4 is 0 Å². The van der Waals surface area contributed by atoms with Crippen molar-refractivity contribution >= 4 is 16.6 Å². The van der Waals surface area contributed by atoms with Gasteiger partial charge < -0.3 is 8.80 Å². The summed E-state index contributed by atoms with van der Waals surface area (Å²) in [6, 6.07) is 0.812. The summed E-state index contributed by atoms with van der Waals surface area (Å²) in [5.74, 6) is 0. The van der Waals surface area contributed by atoms with Gasteiger partial charge in [0.2, 0.25) is 0 Å². The van der Waals surface area contributed by atoms with E-state index in [9.17, 15) is 0 Å². The standard InChI is InChI=1S/C12H30N2Si2/c1-8-14(15(3,4)5)16(6,7)13-11-9-10-12(13)2/h12H,8-11H2,1-7H3. The highest BCUT2D eigenvalue weighted by Crippen LogP contribution is 2.29. The molecule has 0 spiro atoms. The van der Waals surface area contributed by atoms with Crippen molar-refractivity contribution < 1.29 is 0 Å². The molecule has 1 atom stereocenters. The second kappa shape index (κ2) is 4.92. The molecule has 2 nitrogen and oxygen atoms in total. The van der Waals surface area contributed by atoms with Crippen LogP contribution in [0.5, 0.6) is 0 Å². The van der Waals surface area contributed by atoms with Gasteiger partial charge in [0.25, 0.3) is 0 Å². The first-order valence-electron chi connectivity index (χ1n) is 6.75.